The molecule has 0 aromatic carbocycles. The Hall–Kier alpha value is -2.56. The normalized spacial score (nSPS) is 25.0. The Morgan fingerprint density at radius 3 is 2.81 bits per heavy atom. The van der Waals surface area contributed by atoms with Gasteiger partial charge in [-0.05, 0) is 50.8 Å². The second kappa shape index (κ2) is 7.36. The Kier molecular flexibility index (Phi) is 5.16. The van der Waals surface area contributed by atoms with Gasteiger partial charge >= 0.3 is 11.9 Å². The first-order valence-corrected chi connectivity index (χ1v) is 8.82. The van der Waals surface area contributed by atoms with Crippen LogP contribution in [0.4, 0.5) is 0 Å². The highest BCUT2D eigenvalue weighted by molar-refractivity contribution is 5.91. The van der Waals surface area contributed by atoms with Gasteiger partial charge < -0.3 is 13.9 Å². The fourth-order valence-corrected chi connectivity index (χ4v) is 3.48. The van der Waals surface area contributed by atoms with E-state index in [0.29, 0.717) is 36.3 Å². The van der Waals surface area contributed by atoms with E-state index in [1.54, 1.807) is 6.07 Å². The maximum Gasteiger partial charge on any atom is 0.341 e. The Morgan fingerprint density at radius 1 is 1.35 bits per heavy atom. The standard InChI is InChI=1S/C21H24O5/c1-12(2)14-5-6-15-9-16(26-20(15)22)7-13(3)8-17-11-18(21(23)24-4)19(10-14)25-17/h8-9,11,14,16H,1,5-7,10H2,2-4H3/b13-8-/t14-,16+/m1/s1. The van der Waals surface area contributed by atoms with Crippen LogP contribution in [0, 0.1) is 5.92 Å². The second-order valence-electron chi connectivity index (χ2n) is 7.09. The van der Waals surface area contributed by atoms with Crippen LogP contribution < -0.4 is 0 Å². The van der Waals surface area contributed by atoms with Gasteiger partial charge in [0.15, 0.2) is 0 Å². The molecule has 3 rings (SSSR count). The first kappa shape index (κ1) is 18.2. The average molecular weight is 356 g/mol. The topological polar surface area (TPSA) is 65.7 Å². The van der Waals surface area contributed by atoms with E-state index >= 15 is 0 Å². The molecular formula is C21H24O5. The molecule has 0 spiro atoms. The number of hydrogen-bond acceptors (Lipinski definition) is 5. The largest absolute Gasteiger partial charge is 0.465 e. The molecule has 0 fully saturated rings. The van der Waals surface area contributed by atoms with Crippen LogP contribution in [-0.2, 0) is 20.7 Å². The Labute approximate surface area is 153 Å². The number of furan rings is 1. The number of methoxy groups -OCH3 is 1. The van der Waals surface area contributed by atoms with Crippen molar-refractivity contribution in [1.82, 2.24) is 0 Å². The van der Waals surface area contributed by atoms with E-state index in [-0.39, 0.29) is 18.0 Å². The van der Waals surface area contributed by atoms with Crippen LogP contribution in [0.5, 0.6) is 0 Å². The predicted octanol–water partition coefficient (Wildman–Crippen LogP) is 4.24. The van der Waals surface area contributed by atoms with Crippen molar-refractivity contribution in [3.63, 3.8) is 0 Å². The summed E-state index contributed by atoms with van der Waals surface area (Å²) in [6, 6.07) is 1.72. The Balaban J connectivity index is 2.01. The number of carbonyl (C=O) groups excluding carboxylic acids is 2. The van der Waals surface area contributed by atoms with Gasteiger partial charge in [0.2, 0.25) is 0 Å². The lowest BCUT2D eigenvalue weighted by molar-refractivity contribution is -0.139. The molecule has 26 heavy (non-hydrogen) atoms. The fourth-order valence-electron chi connectivity index (χ4n) is 3.48. The van der Waals surface area contributed by atoms with Gasteiger partial charge in [0.1, 0.15) is 23.2 Å². The van der Waals surface area contributed by atoms with E-state index < -0.39 is 5.97 Å². The highest BCUT2D eigenvalue weighted by atomic mass is 16.5. The maximum atomic E-state index is 12.1. The minimum Gasteiger partial charge on any atom is -0.465 e. The lowest BCUT2D eigenvalue weighted by Gasteiger charge is -2.16. The summed E-state index contributed by atoms with van der Waals surface area (Å²) in [5.41, 5.74) is 3.17. The zero-order valence-electron chi connectivity index (χ0n) is 15.5. The van der Waals surface area contributed by atoms with Crippen LogP contribution in [0.15, 0.2) is 39.9 Å². The van der Waals surface area contributed by atoms with Crippen molar-refractivity contribution in [3.05, 3.63) is 52.5 Å². The zero-order chi connectivity index (χ0) is 18.8. The molecule has 138 valence electrons. The van der Waals surface area contributed by atoms with Crippen LogP contribution in [0.3, 0.4) is 0 Å². The third kappa shape index (κ3) is 3.82. The third-order valence-corrected chi connectivity index (χ3v) is 4.94. The summed E-state index contributed by atoms with van der Waals surface area (Å²) in [7, 11) is 1.36. The second-order valence-corrected chi connectivity index (χ2v) is 7.09. The molecule has 2 aliphatic rings. The number of hydrogen-bond donors (Lipinski definition) is 0. The molecule has 1 aromatic rings. The van der Waals surface area contributed by atoms with Gasteiger partial charge in [0.25, 0.3) is 0 Å². The summed E-state index contributed by atoms with van der Waals surface area (Å²) in [4.78, 5) is 24.2. The third-order valence-electron chi connectivity index (χ3n) is 4.94. The van der Waals surface area contributed by atoms with E-state index in [2.05, 4.69) is 6.58 Å². The van der Waals surface area contributed by atoms with Crippen LogP contribution in [0.1, 0.15) is 55.0 Å². The molecule has 0 unspecified atom stereocenters. The lowest BCUT2D eigenvalue weighted by Crippen LogP contribution is -2.11. The van der Waals surface area contributed by atoms with Crippen LogP contribution >= 0.6 is 0 Å². The van der Waals surface area contributed by atoms with E-state index in [4.69, 9.17) is 13.9 Å². The smallest absolute Gasteiger partial charge is 0.341 e. The van der Waals surface area contributed by atoms with Gasteiger partial charge in [-0.1, -0.05) is 17.7 Å². The van der Waals surface area contributed by atoms with Crippen molar-refractivity contribution in [2.45, 2.75) is 45.6 Å². The number of rotatable bonds is 2. The molecule has 0 saturated heterocycles. The quantitative estimate of drug-likeness (QED) is 0.586. The van der Waals surface area contributed by atoms with Gasteiger partial charge in [-0.2, -0.15) is 0 Å². The average Bonchev–Trinajstić information content (AvgIpc) is 3.13. The fraction of sp³-hybridized carbons (Fsp3) is 0.429. The van der Waals surface area contributed by atoms with Gasteiger partial charge in [0, 0.05) is 18.4 Å². The zero-order valence-corrected chi connectivity index (χ0v) is 15.5. The van der Waals surface area contributed by atoms with Crippen molar-refractivity contribution in [1.29, 1.82) is 0 Å². The molecular weight excluding hydrogens is 332 g/mol. The van der Waals surface area contributed by atoms with Gasteiger partial charge in [-0.3, -0.25) is 0 Å². The van der Waals surface area contributed by atoms with Crippen molar-refractivity contribution in [2.24, 2.45) is 5.92 Å². The van der Waals surface area contributed by atoms with Crippen molar-refractivity contribution in [3.8, 4) is 0 Å². The molecule has 1 aromatic heterocycles. The minimum atomic E-state index is -0.407. The van der Waals surface area contributed by atoms with E-state index in [1.165, 1.54) is 7.11 Å². The number of fused-ring (bicyclic) bond motifs is 3. The Morgan fingerprint density at radius 2 is 2.12 bits per heavy atom. The molecule has 0 N–H and O–H groups in total. The molecule has 0 saturated carbocycles. The monoisotopic (exact) mass is 356 g/mol. The van der Waals surface area contributed by atoms with Gasteiger partial charge in [-0.25, -0.2) is 9.59 Å². The van der Waals surface area contributed by atoms with Crippen molar-refractivity contribution >= 4 is 18.0 Å². The van der Waals surface area contributed by atoms with E-state index in [1.807, 2.05) is 26.0 Å². The van der Waals surface area contributed by atoms with Crippen molar-refractivity contribution in [2.75, 3.05) is 7.11 Å². The molecule has 3 heterocycles. The molecule has 2 atom stereocenters. The highest BCUT2D eigenvalue weighted by Crippen LogP contribution is 2.31. The van der Waals surface area contributed by atoms with Crippen LogP contribution in [0.25, 0.3) is 6.08 Å². The van der Waals surface area contributed by atoms with Crippen molar-refractivity contribution < 1.29 is 23.5 Å². The first-order chi connectivity index (χ1) is 12.4. The Bertz CT molecular complexity index is 808. The summed E-state index contributed by atoms with van der Waals surface area (Å²) >= 11 is 0. The summed E-state index contributed by atoms with van der Waals surface area (Å²) in [6.45, 7) is 7.98. The minimum absolute atomic E-state index is 0.0935. The first-order valence-electron chi connectivity index (χ1n) is 8.82. The molecule has 2 aliphatic heterocycles. The summed E-state index contributed by atoms with van der Waals surface area (Å²) in [5.74, 6) is 0.662. The summed E-state index contributed by atoms with van der Waals surface area (Å²) in [6.07, 6.45) is 6.07. The molecule has 0 amide bonds. The van der Waals surface area contributed by atoms with Gasteiger partial charge in [-0.15, -0.1) is 0 Å². The molecule has 0 aliphatic carbocycles. The van der Waals surface area contributed by atoms with Crippen LogP contribution in [0.2, 0.25) is 0 Å². The molecule has 0 radical (unpaired) electrons. The highest BCUT2D eigenvalue weighted by Gasteiger charge is 2.28. The number of ether oxygens (including phenoxy) is 2. The lowest BCUT2D eigenvalue weighted by atomic mass is 9.89. The molecule has 4 bridgehead atoms. The number of allylic oxidation sites excluding steroid dienone is 1. The predicted molar refractivity (Wildman–Crippen MR) is 97.5 cm³/mol. The number of esters is 2. The maximum absolute atomic E-state index is 12.1. The molecule has 5 nitrogen and oxygen atoms in total. The molecule has 5 heteroatoms. The summed E-state index contributed by atoms with van der Waals surface area (Å²) in [5, 5.41) is 0. The van der Waals surface area contributed by atoms with E-state index in [9.17, 15) is 9.59 Å². The van der Waals surface area contributed by atoms with Gasteiger partial charge in [0.05, 0.1) is 7.11 Å². The van der Waals surface area contributed by atoms with E-state index in [0.717, 1.165) is 23.1 Å². The SMILES string of the molecule is C=C(C)[C@@H]1CCC2=C[C@H](C/C(C)=C\c3cc(C(=O)OC)c(o3)C1)OC2=O. The van der Waals surface area contributed by atoms with Crippen LogP contribution in [-0.4, -0.2) is 25.2 Å². The number of carbonyl (C=O) groups is 2. The summed E-state index contributed by atoms with van der Waals surface area (Å²) < 4.78 is 16.3.